The Kier molecular flexibility index (Phi) is 9.18. The number of hydrogen-bond acceptors (Lipinski definition) is 4. The van der Waals surface area contributed by atoms with Gasteiger partial charge >= 0.3 is 0 Å². The number of hydrogen-bond donors (Lipinski definition) is 3. The van der Waals surface area contributed by atoms with Crippen LogP contribution in [0.2, 0.25) is 0 Å². The van der Waals surface area contributed by atoms with Gasteiger partial charge in [0.05, 0.1) is 12.7 Å². The molecule has 0 aliphatic carbocycles. The maximum absolute atomic E-state index is 11.4. The van der Waals surface area contributed by atoms with Crippen molar-refractivity contribution < 1.29 is 14.6 Å². The van der Waals surface area contributed by atoms with E-state index in [0.29, 0.717) is 32.5 Å². The minimum absolute atomic E-state index is 0.00177. The van der Waals surface area contributed by atoms with Gasteiger partial charge in [0.2, 0.25) is 5.91 Å². The van der Waals surface area contributed by atoms with E-state index >= 15 is 0 Å². The second kappa shape index (κ2) is 9.57. The van der Waals surface area contributed by atoms with Crippen molar-refractivity contribution in [3.63, 3.8) is 0 Å². The van der Waals surface area contributed by atoms with Crippen molar-refractivity contribution >= 4 is 5.91 Å². The first-order chi connectivity index (χ1) is 7.63. The molecule has 5 nitrogen and oxygen atoms in total. The fraction of sp³-hybridized carbons (Fsp3) is 0.909. The lowest BCUT2D eigenvalue weighted by molar-refractivity contribution is -0.122. The van der Waals surface area contributed by atoms with Gasteiger partial charge in [-0.15, -0.1) is 0 Å². The van der Waals surface area contributed by atoms with Crippen LogP contribution in [0.15, 0.2) is 0 Å². The van der Waals surface area contributed by atoms with Gasteiger partial charge in [-0.1, -0.05) is 13.3 Å². The molecule has 0 aromatic rings. The first-order valence-electron chi connectivity index (χ1n) is 5.77. The van der Waals surface area contributed by atoms with Crippen LogP contribution in [0.1, 0.15) is 26.2 Å². The standard InChI is InChI=1S/C11H24N2O3/c1-3-9(7-12)6-11(15)13-5-4-10(14)8-16-2/h9-10,14H,3-8,12H2,1-2H3,(H,13,15). The Morgan fingerprint density at radius 1 is 1.56 bits per heavy atom. The maximum Gasteiger partial charge on any atom is 0.220 e. The Balaban J connectivity index is 3.57. The number of nitrogens with two attached hydrogens (primary N) is 1. The maximum atomic E-state index is 11.4. The molecule has 0 aliphatic rings. The summed E-state index contributed by atoms with van der Waals surface area (Å²) in [5.74, 6) is 0.255. The first-order valence-corrected chi connectivity index (χ1v) is 5.77. The average Bonchev–Trinajstić information content (AvgIpc) is 2.26. The Hall–Kier alpha value is -0.650. The van der Waals surface area contributed by atoms with Gasteiger partial charge in [-0.3, -0.25) is 4.79 Å². The van der Waals surface area contributed by atoms with E-state index in [1.807, 2.05) is 6.92 Å². The molecule has 0 saturated carbocycles. The third-order valence-electron chi connectivity index (χ3n) is 2.54. The molecule has 0 heterocycles. The molecule has 0 fully saturated rings. The van der Waals surface area contributed by atoms with Crippen molar-refractivity contribution in [1.82, 2.24) is 5.32 Å². The van der Waals surface area contributed by atoms with E-state index in [4.69, 9.17) is 10.5 Å². The van der Waals surface area contributed by atoms with Gasteiger partial charge in [-0.05, 0) is 18.9 Å². The molecule has 16 heavy (non-hydrogen) atoms. The van der Waals surface area contributed by atoms with Crippen LogP contribution >= 0.6 is 0 Å². The lowest BCUT2D eigenvalue weighted by Crippen LogP contribution is -2.31. The van der Waals surface area contributed by atoms with Crippen molar-refractivity contribution in [2.45, 2.75) is 32.3 Å². The fourth-order valence-electron chi connectivity index (χ4n) is 1.38. The quantitative estimate of drug-likeness (QED) is 0.517. The third-order valence-corrected chi connectivity index (χ3v) is 2.54. The Morgan fingerprint density at radius 3 is 2.75 bits per heavy atom. The highest BCUT2D eigenvalue weighted by atomic mass is 16.5. The summed E-state index contributed by atoms with van der Waals surface area (Å²) in [7, 11) is 1.54. The summed E-state index contributed by atoms with van der Waals surface area (Å²) in [6, 6.07) is 0. The van der Waals surface area contributed by atoms with Gasteiger partial charge in [0.1, 0.15) is 0 Å². The minimum Gasteiger partial charge on any atom is -0.391 e. The van der Waals surface area contributed by atoms with Crippen molar-refractivity contribution in [3.8, 4) is 0 Å². The summed E-state index contributed by atoms with van der Waals surface area (Å²) in [5.41, 5.74) is 5.51. The zero-order chi connectivity index (χ0) is 12.4. The van der Waals surface area contributed by atoms with Crippen LogP contribution in [-0.2, 0) is 9.53 Å². The van der Waals surface area contributed by atoms with Gasteiger partial charge in [-0.2, -0.15) is 0 Å². The monoisotopic (exact) mass is 232 g/mol. The Bertz CT molecular complexity index is 184. The van der Waals surface area contributed by atoms with Crippen LogP contribution < -0.4 is 11.1 Å². The van der Waals surface area contributed by atoms with E-state index in [-0.39, 0.29) is 11.8 Å². The highest BCUT2D eigenvalue weighted by molar-refractivity contribution is 5.76. The number of methoxy groups -OCH3 is 1. The number of ether oxygens (including phenoxy) is 1. The predicted molar refractivity (Wildman–Crippen MR) is 63.0 cm³/mol. The number of aliphatic hydroxyl groups excluding tert-OH is 1. The largest absolute Gasteiger partial charge is 0.391 e. The molecule has 0 radical (unpaired) electrons. The topological polar surface area (TPSA) is 84.6 Å². The molecule has 2 unspecified atom stereocenters. The number of aliphatic hydroxyl groups is 1. The van der Waals surface area contributed by atoms with Crippen LogP contribution in [0.3, 0.4) is 0 Å². The van der Waals surface area contributed by atoms with E-state index in [0.717, 1.165) is 6.42 Å². The van der Waals surface area contributed by atoms with E-state index in [1.54, 1.807) is 0 Å². The number of carbonyl (C=O) groups is 1. The van der Waals surface area contributed by atoms with Crippen LogP contribution in [-0.4, -0.2) is 43.9 Å². The molecule has 0 aliphatic heterocycles. The van der Waals surface area contributed by atoms with E-state index < -0.39 is 6.10 Å². The summed E-state index contributed by atoms with van der Waals surface area (Å²) in [6.07, 6.45) is 1.38. The molecular formula is C11H24N2O3. The smallest absolute Gasteiger partial charge is 0.220 e. The van der Waals surface area contributed by atoms with Crippen molar-refractivity contribution in [1.29, 1.82) is 0 Å². The minimum atomic E-state index is -0.512. The third kappa shape index (κ3) is 7.62. The number of rotatable bonds is 9. The number of carbonyl (C=O) groups excluding carboxylic acids is 1. The van der Waals surface area contributed by atoms with Crippen molar-refractivity contribution in [2.75, 3.05) is 26.8 Å². The molecule has 4 N–H and O–H groups in total. The summed E-state index contributed by atoms with van der Waals surface area (Å²) < 4.78 is 4.78. The summed E-state index contributed by atoms with van der Waals surface area (Å²) in [6.45, 7) is 3.34. The highest BCUT2D eigenvalue weighted by Crippen LogP contribution is 2.05. The zero-order valence-electron chi connectivity index (χ0n) is 10.2. The summed E-state index contributed by atoms with van der Waals surface area (Å²) >= 11 is 0. The molecule has 96 valence electrons. The fourth-order valence-corrected chi connectivity index (χ4v) is 1.38. The van der Waals surface area contributed by atoms with Crippen LogP contribution in [0.25, 0.3) is 0 Å². The number of amides is 1. The van der Waals surface area contributed by atoms with Crippen LogP contribution in [0, 0.1) is 5.92 Å². The molecule has 0 aromatic heterocycles. The molecule has 0 aromatic carbocycles. The number of nitrogens with one attached hydrogen (secondary N) is 1. The van der Waals surface area contributed by atoms with Gasteiger partial charge < -0.3 is 20.9 Å². The Morgan fingerprint density at radius 2 is 2.25 bits per heavy atom. The van der Waals surface area contributed by atoms with Gasteiger partial charge in [0, 0.05) is 20.1 Å². The molecule has 2 atom stereocenters. The van der Waals surface area contributed by atoms with Crippen LogP contribution in [0.5, 0.6) is 0 Å². The first kappa shape index (κ1) is 15.3. The molecule has 0 bridgehead atoms. The molecule has 5 heteroatoms. The normalized spacial score (nSPS) is 14.5. The van der Waals surface area contributed by atoms with E-state index in [1.165, 1.54) is 7.11 Å². The lowest BCUT2D eigenvalue weighted by Gasteiger charge is -2.13. The molecule has 1 amide bonds. The molecule has 0 rings (SSSR count). The van der Waals surface area contributed by atoms with Crippen LogP contribution in [0.4, 0.5) is 0 Å². The second-order valence-electron chi connectivity index (χ2n) is 3.96. The molecule has 0 saturated heterocycles. The Labute approximate surface area is 97.3 Å². The zero-order valence-corrected chi connectivity index (χ0v) is 10.2. The second-order valence-corrected chi connectivity index (χ2v) is 3.96. The summed E-state index contributed by atoms with van der Waals surface area (Å²) in [4.78, 5) is 11.4. The van der Waals surface area contributed by atoms with E-state index in [9.17, 15) is 9.90 Å². The van der Waals surface area contributed by atoms with Crippen molar-refractivity contribution in [3.05, 3.63) is 0 Å². The molecule has 0 spiro atoms. The van der Waals surface area contributed by atoms with Gasteiger partial charge in [-0.25, -0.2) is 0 Å². The lowest BCUT2D eigenvalue weighted by atomic mass is 10.0. The predicted octanol–water partition coefficient (Wildman–Crippen LogP) is -0.125. The van der Waals surface area contributed by atoms with Gasteiger partial charge in [0.15, 0.2) is 0 Å². The summed E-state index contributed by atoms with van der Waals surface area (Å²) in [5, 5.41) is 12.1. The van der Waals surface area contributed by atoms with E-state index in [2.05, 4.69) is 5.32 Å². The SMILES string of the molecule is CCC(CN)CC(=O)NCCC(O)COC. The average molecular weight is 232 g/mol. The van der Waals surface area contributed by atoms with Gasteiger partial charge in [0.25, 0.3) is 0 Å². The highest BCUT2D eigenvalue weighted by Gasteiger charge is 2.10. The molecular weight excluding hydrogens is 208 g/mol. The van der Waals surface area contributed by atoms with Crippen molar-refractivity contribution in [2.24, 2.45) is 11.7 Å².